The van der Waals surface area contributed by atoms with Crippen LogP contribution in [0.3, 0.4) is 0 Å². The first-order valence-electron chi connectivity index (χ1n) is 5.52. The van der Waals surface area contributed by atoms with E-state index in [0.29, 0.717) is 11.5 Å². The van der Waals surface area contributed by atoms with E-state index in [1.165, 1.54) is 0 Å². The molecular formula is C12H15N3OS. The summed E-state index contributed by atoms with van der Waals surface area (Å²) in [5.74, 6) is -0.310. The number of nitrogens with zero attached hydrogens (tertiary/aromatic N) is 1. The molecule has 1 fully saturated rings. The molecule has 1 aromatic carbocycles. The molecule has 1 heterocycles. The third-order valence-electron chi connectivity index (χ3n) is 3.10. The number of rotatable bonds is 3. The molecule has 1 saturated heterocycles. The van der Waals surface area contributed by atoms with Crippen LogP contribution < -0.4 is 16.4 Å². The molecule has 1 atom stereocenters. The molecule has 1 amide bonds. The van der Waals surface area contributed by atoms with Crippen molar-refractivity contribution in [3.63, 3.8) is 0 Å². The molecular weight excluding hydrogens is 234 g/mol. The van der Waals surface area contributed by atoms with E-state index < -0.39 is 0 Å². The fourth-order valence-corrected chi connectivity index (χ4v) is 2.34. The fourth-order valence-electron chi connectivity index (χ4n) is 2.17. The summed E-state index contributed by atoms with van der Waals surface area (Å²) in [5.41, 5.74) is 12.9. The summed E-state index contributed by atoms with van der Waals surface area (Å²) < 4.78 is 0. The Morgan fingerprint density at radius 2 is 2.06 bits per heavy atom. The Morgan fingerprint density at radius 3 is 2.65 bits per heavy atom. The van der Waals surface area contributed by atoms with E-state index in [1.807, 2.05) is 24.3 Å². The average molecular weight is 249 g/mol. The van der Waals surface area contributed by atoms with Crippen LogP contribution in [0.4, 0.5) is 5.69 Å². The van der Waals surface area contributed by atoms with Gasteiger partial charge in [0.15, 0.2) is 0 Å². The molecule has 1 aromatic rings. The summed E-state index contributed by atoms with van der Waals surface area (Å²) in [5, 5.41) is 0. The highest BCUT2D eigenvalue weighted by molar-refractivity contribution is 7.80. The lowest BCUT2D eigenvalue weighted by Gasteiger charge is -2.21. The van der Waals surface area contributed by atoms with E-state index in [2.05, 4.69) is 4.90 Å². The van der Waals surface area contributed by atoms with Gasteiger partial charge in [-0.05, 0) is 18.6 Å². The summed E-state index contributed by atoms with van der Waals surface area (Å²) in [6.45, 7) is 1.46. The standard InChI is InChI=1S/C12H15N3OS/c13-11(16)8-5-6-15(7-8)10-4-2-1-3-9(10)12(14)17/h1-4,8H,5-7H2,(H2,13,16)(H2,14,17). The Labute approximate surface area is 106 Å². The molecule has 4 N–H and O–H groups in total. The smallest absolute Gasteiger partial charge is 0.222 e. The zero-order chi connectivity index (χ0) is 12.4. The van der Waals surface area contributed by atoms with Gasteiger partial charge in [0.25, 0.3) is 0 Å². The number of amides is 1. The van der Waals surface area contributed by atoms with Crippen molar-refractivity contribution >= 4 is 28.8 Å². The lowest BCUT2D eigenvalue weighted by molar-refractivity contribution is -0.121. The van der Waals surface area contributed by atoms with Gasteiger partial charge in [-0.2, -0.15) is 0 Å². The predicted molar refractivity (Wildman–Crippen MR) is 71.8 cm³/mol. The van der Waals surface area contributed by atoms with Crippen LogP contribution in [-0.4, -0.2) is 24.0 Å². The van der Waals surface area contributed by atoms with Crippen molar-refractivity contribution in [3.05, 3.63) is 29.8 Å². The van der Waals surface area contributed by atoms with Crippen molar-refractivity contribution in [2.75, 3.05) is 18.0 Å². The first-order valence-corrected chi connectivity index (χ1v) is 5.93. The number of benzene rings is 1. The van der Waals surface area contributed by atoms with Crippen LogP contribution in [0, 0.1) is 5.92 Å². The Hall–Kier alpha value is -1.62. The molecule has 4 nitrogen and oxygen atoms in total. The summed E-state index contributed by atoms with van der Waals surface area (Å²) >= 11 is 5.03. The summed E-state index contributed by atoms with van der Waals surface area (Å²) in [7, 11) is 0. The number of carbonyl (C=O) groups excluding carboxylic acids is 1. The van der Waals surface area contributed by atoms with Gasteiger partial charge in [-0.15, -0.1) is 0 Å². The van der Waals surface area contributed by atoms with Gasteiger partial charge in [-0.1, -0.05) is 24.4 Å². The molecule has 0 bridgehead atoms. The molecule has 0 radical (unpaired) electrons. The van der Waals surface area contributed by atoms with Gasteiger partial charge in [0.2, 0.25) is 5.91 Å². The van der Waals surface area contributed by atoms with E-state index in [1.54, 1.807) is 0 Å². The van der Waals surface area contributed by atoms with Gasteiger partial charge in [0, 0.05) is 24.3 Å². The van der Waals surface area contributed by atoms with Crippen LogP contribution in [0.1, 0.15) is 12.0 Å². The molecule has 5 heteroatoms. The van der Waals surface area contributed by atoms with Crippen molar-refractivity contribution < 1.29 is 4.79 Å². The van der Waals surface area contributed by atoms with E-state index in [4.69, 9.17) is 23.7 Å². The van der Waals surface area contributed by atoms with Gasteiger partial charge >= 0.3 is 0 Å². The number of nitrogens with two attached hydrogens (primary N) is 2. The minimum atomic E-state index is -0.236. The Morgan fingerprint density at radius 1 is 1.35 bits per heavy atom. The first-order chi connectivity index (χ1) is 8.09. The summed E-state index contributed by atoms with van der Waals surface area (Å²) in [4.78, 5) is 13.6. The highest BCUT2D eigenvalue weighted by Gasteiger charge is 2.27. The first kappa shape index (κ1) is 11.9. The van der Waals surface area contributed by atoms with Crippen molar-refractivity contribution in [1.29, 1.82) is 0 Å². The normalized spacial score (nSPS) is 19.3. The lowest BCUT2D eigenvalue weighted by atomic mass is 10.1. The minimum Gasteiger partial charge on any atom is -0.389 e. The third-order valence-corrected chi connectivity index (χ3v) is 3.32. The lowest BCUT2D eigenvalue weighted by Crippen LogP contribution is -2.28. The Kier molecular flexibility index (Phi) is 3.28. The Balaban J connectivity index is 2.24. The number of para-hydroxylation sites is 1. The summed E-state index contributed by atoms with van der Waals surface area (Å²) in [6, 6.07) is 7.71. The third kappa shape index (κ3) is 2.39. The summed E-state index contributed by atoms with van der Waals surface area (Å²) in [6.07, 6.45) is 0.793. The quantitative estimate of drug-likeness (QED) is 0.771. The average Bonchev–Trinajstić information content (AvgIpc) is 2.78. The molecule has 0 spiro atoms. The zero-order valence-electron chi connectivity index (χ0n) is 9.43. The number of anilines is 1. The van der Waals surface area contributed by atoms with E-state index >= 15 is 0 Å². The van der Waals surface area contributed by atoms with Crippen LogP contribution in [0.2, 0.25) is 0 Å². The minimum absolute atomic E-state index is 0.0746. The molecule has 1 aliphatic rings. The van der Waals surface area contributed by atoms with Gasteiger partial charge in [-0.3, -0.25) is 4.79 Å². The van der Waals surface area contributed by atoms with E-state index in [0.717, 1.165) is 24.2 Å². The highest BCUT2D eigenvalue weighted by Crippen LogP contribution is 2.26. The van der Waals surface area contributed by atoms with Crippen LogP contribution in [0.15, 0.2) is 24.3 Å². The van der Waals surface area contributed by atoms with Crippen molar-refractivity contribution in [2.24, 2.45) is 17.4 Å². The van der Waals surface area contributed by atoms with Crippen molar-refractivity contribution in [3.8, 4) is 0 Å². The van der Waals surface area contributed by atoms with Gasteiger partial charge in [0.05, 0.1) is 5.92 Å². The van der Waals surface area contributed by atoms with Crippen LogP contribution in [0.25, 0.3) is 0 Å². The maximum atomic E-state index is 11.1. The molecule has 1 aliphatic heterocycles. The number of thiocarbonyl (C=S) groups is 1. The maximum absolute atomic E-state index is 11.1. The maximum Gasteiger partial charge on any atom is 0.222 e. The van der Waals surface area contributed by atoms with Crippen molar-refractivity contribution in [1.82, 2.24) is 0 Å². The second-order valence-corrected chi connectivity index (χ2v) is 4.66. The SMILES string of the molecule is NC(=O)C1CCN(c2ccccc2C(N)=S)C1. The number of carbonyl (C=O) groups is 1. The van der Waals surface area contributed by atoms with E-state index in [9.17, 15) is 4.79 Å². The topological polar surface area (TPSA) is 72.4 Å². The van der Waals surface area contributed by atoms with Crippen LogP contribution >= 0.6 is 12.2 Å². The highest BCUT2D eigenvalue weighted by atomic mass is 32.1. The largest absolute Gasteiger partial charge is 0.389 e. The monoisotopic (exact) mass is 249 g/mol. The molecule has 90 valence electrons. The van der Waals surface area contributed by atoms with Crippen LogP contribution in [-0.2, 0) is 4.79 Å². The van der Waals surface area contributed by atoms with Gasteiger partial charge in [-0.25, -0.2) is 0 Å². The predicted octanol–water partition coefficient (Wildman–Crippen LogP) is 0.632. The number of hydrogen-bond acceptors (Lipinski definition) is 3. The van der Waals surface area contributed by atoms with Gasteiger partial charge in [0.1, 0.15) is 4.99 Å². The molecule has 1 unspecified atom stereocenters. The van der Waals surface area contributed by atoms with Crippen molar-refractivity contribution in [2.45, 2.75) is 6.42 Å². The Bertz CT molecular complexity index is 461. The zero-order valence-corrected chi connectivity index (χ0v) is 10.2. The number of hydrogen-bond donors (Lipinski definition) is 2. The second kappa shape index (κ2) is 4.71. The second-order valence-electron chi connectivity index (χ2n) is 4.22. The fraction of sp³-hybridized carbons (Fsp3) is 0.333. The van der Waals surface area contributed by atoms with E-state index in [-0.39, 0.29) is 11.8 Å². The molecule has 0 aromatic heterocycles. The molecule has 0 aliphatic carbocycles. The van der Waals surface area contributed by atoms with Gasteiger partial charge < -0.3 is 16.4 Å². The molecule has 2 rings (SSSR count). The number of primary amides is 1. The molecule has 0 saturated carbocycles. The molecule has 17 heavy (non-hydrogen) atoms. The van der Waals surface area contributed by atoms with Crippen LogP contribution in [0.5, 0.6) is 0 Å².